The normalized spacial score (nSPS) is 31.0. The first-order chi connectivity index (χ1) is 14.6. The van der Waals surface area contributed by atoms with Crippen LogP contribution in [0.2, 0.25) is 0 Å². The van der Waals surface area contributed by atoms with E-state index in [1.807, 2.05) is 33.8 Å². The monoisotopic (exact) mass is 430 g/mol. The van der Waals surface area contributed by atoms with Crippen molar-refractivity contribution in [2.45, 2.75) is 79.9 Å². The summed E-state index contributed by atoms with van der Waals surface area (Å²) in [5.74, 6) is -1.26. The molecule has 0 spiro atoms. The second kappa shape index (κ2) is 10.4. The zero-order chi connectivity index (χ0) is 23.5. The first-order valence-electron chi connectivity index (χ1n) is 11.5. The highest BCUT2D eigenvalue weighted by molar-refractivity contribution is 6.03. The zero-order valence-corrected chi connectivity index (χ0v) is 20.1. The van der Waals surface area contributed by atoms with Gasteiger partial charge in [0.1, 0.15) is 6.10 Å². The number of carbonyl (C=O) groups excluding carboxylic acids is 3. The van der Waals surface area contributed by atoms with Crippen molar-refractivity contribution >= 4 is 17.7 Å². The Morgan fingerprint density at radius 2 is 1.81 bits per heavy atom. The number of ketones is 1. The summed E-state index contributed by atoms with van der Waals surface area (Å²) in [5, 5.41) is 0. The highest BCUT2D eigenvalue weighted by Crippen LogP contribution is 2.53. The Morgan fingerprint density at radius 3 is 2.32 bits per heavy atom. The number of fused-ring (bicyclic) bond motifs is 1. The largest absolute Gasteiger partial charge is 0.455 e. The smallest absolute Gasteiger partial charge is 0.331 e. The highest BCUT2D eigenvalue weighted by Gasteiger charge is 2.57. The summed E-state index contributed by atoms with van der Waals surface area (Å²) in [6.07, 6.45) is 3.98. The Bertz CT molecular complexity index is 788. The summed E-state index contributed by atoms with van der Waals surface area (Å²) >= 11 is 0. The van der Waals surface area contributed by atoms with Crippen LogP contribution in [-0.2, 0) is 23.9 Å². The van der Waals surface area contributed by atoms with E-state index in [4.69, 9.17) is 9.47 Å². The van der Waals surface area contributed by atoms with Crippen molar-refractivity contribution < 1.29 is 23.9 Å². The number of allylic oxidation sites excluding steroid dienone is 2. The zero-order valence-electron chi connectivity index (χ0n) is 20.1. The van der Waals surface area contributed by atoms with Crippen molar-refractivity contribution in [2.75, 3.05) is 0 Å². The van der Waals surface area contributed by atoms with E-state index in [0.29, 0.717) is 24.0 Å². The van der Waals surface area contributed by atoms with E-state index in [-0.39, 0.29) is 41.3 Å². The maximum absolute atomic E-state index is 13.3. The Hall–Kier alpha value is -2.17. The van der Waals surface area contributed by atoms with Gasteiger partial charge in [0, 0.05) is 17.9 Å². The first kappa shape index (κ1) is 25.1. The third-order valence-electron chi connectivity index (χ3n) is 7.01. The lowest BCUT2D eigenvalue weighted by Gasteiger charge is -2.42. The summed E-state index contributed by atoms with van der Waals surface area (Å²) < 4.78 is 11.6. The molecule has 0 bridgehead atoms. The molecular weight excluding hydrogens is 392 g/mol. The molecule has 2 rings (SSSR count). The van der Waals surface area contributed by atoms with Crippen LogP contribution in [-0.4, -0.2) is 29.9 Å². The molecule has 6 atom stereocenters. The molecule has 0 radical (unpaired) electrons. The van der Waals surface area contributed by atoms with Gasteiger partial charge in [-0.15, -0.1) is 0 Å². The lowest BCUT2D eigenvalue weighted by atomic mass is 9.65. The van der Waals surface area contributed by atoms with Crippen molar-refractivity contribution in [1.29, 1.82) is 0 Å². The molecule has 2 fully saturated rings. The first-order valence-corrected chi connectivity index (χ1v) is 11.5. The summed E-state index contributed by atoms with van der Waals surface area (Å²) in [7, 11) is 0. The van der Waals surface area contributed by atoms with E-state index in [1.54, 1.807) is 6.92 Å². The molecule has 0 N–H and O–H groups in total. The third-order valence-corrected chi connectivity index (χ3v) is 7.01. The van der Waals surface area contributed by atoms with Gasteiger partial charge >= 0.3 is 11.9 Å². The molecule has 2 aliphatic rings. The molecule has 0 aromatic heterocycles. The van der Waals surface area contributed by atoms with E-state index >= 15 is 0 Å². The molecular formula is C26H38O5. The Labute approximate surface area is 186 Å². The molecule has 0 aliphatic heterocycles. The van der Waals surface area contributed by atoms with Crippen LogP contribution in [0.25, 0.3) is 0 Å². The van der Waals surface area contributed by atoms with Gasteiger partial charge < -0.3 is 9.47 Å². The fourth-order valence-corrected chi connectivity index (χ4v) is 4.71. The Kier molecular flexibility index (Phi) is 8.44. The average molecular weight is 431 g/mol. The number of carbonyl (C=O) groups is 3. The molecule has 0 heterocycles. The standard InChI is InChI=1S/C26H38O5/c1-9-15(6)12-21(27)30-20-13-19(14(4)5)23-18(11-3)24(28)25(22(23)17(20)8)31-26(29)16(7)10-2/h11-12,14,16,19-20,22-23,25H,8-10,13H2,1-7H3/t16?,19-,20+,22-,23-,25-/m0/s1. The molecule has 0 saturated heterocycles. The molecule has 5 heteroatoms. The molecule has 0 amide bonds. The topological polar surface area (TPSA) is 69.7 Å². The van der Waals surface area contributed by atoms with Crippen LogP contribution in [0, 0.1) is 29.6 Å². The van der Waals surface area contributed by atoms with Crippen molar-refractivity contribution in [3.63, 3.8) is 0 Å². The van der Waals surface area contributed by atoms with Crippen LogP contribution in [0.4, 0.5) is 0 Å². The molecule has 31 heavy (non-hydrogen) atoms. The van der Waals surface area contributed by atoms with E-state index < -0.39 is 18.2 Å². The van der Waals surface area contributed by atoms with Crippen molar-refractivity contribution in [2.24, 2.45) is 29.6 Å². The van der Waals surface area contributed by atoms with Gasteiger partial charge in [0.25, 0.3) is 0 Å². The van der Waals surface area contributed by atoms with Crippen LogP contribution >= 0.6 is 0 Å². The van der Waals surface area contributed by atoms with Gasteiger partial charge in [-0.25, -0.2) is 4.79 Å². The maximum atomic E-state index is 13.3. The van der Waals surface area contributed by atoms with Gasteiger partial charge in [-0.2, -0.15) is 0 Å². The number of hydrogen-bond acceptors (Lipinski definition) is 5. The Morgan fingerprint density at radius 1 is 1.16 bits per heavy atom. The van der Waals surface area contributed by atoms with Gasteiger partial charge in [-0.3, -0.25) is 9.59 Å². The number of ether oxygens (including phenoxy) is 2. The minimum atomic E-state index is -0.902. The van der Waals surface area contributed by atoms with E-state index in [0.717, 1.165) is 12.0 Å². The maximum Gasteiger partial charge on any atom is 0.331 e. The van der Waals surface area contributed by atoms with Crippen molar-refractivity contribution in [3.8, 4) is 0 Å². The summed E-state index contributed by atoms with van der Waals surface area (Å²) in [6.45, 7) is 17.9. The molecule has 1 unspecified atom stereocenters. The van der Waals surface area contributed by atoms with E-state index in [2.05, 4.69) is 20.4 Å². The van der Waals surface area contributed by atoms with Gasteiger partial charge in [0.05, 0.1) is 5.92 Å². The number of hydrogen-bond donors (Lipinski definition) is 0. The Balaban J connectivity index is 2.41. The van der Waals surface area contributed by atoms with Gasteiger partial charge in [-0.05, 0) is 56.1 Å². The van der Waals surface area contributed by atoms with Gasteiger partial charge in [-0.1, -0.05) is 52.8 Å². The van der Waals surface area contributed by atoms with Crippen molar-refractivity contribution in [1.82, 2.24) is 0 Å². The lowest BCUT2D eigenvalue weighted by molar-refractivity contribution is -0.160. The quantitative estimate of drug-likeness (QED) is 0.315. The number of Topliss-reactive ketones (excluding diaryl/α,β-unsaturated/α-hetero) is 1. The summed E-state index contributed by atoms with van der Waals surface area (Å²) in [5.41, 5.74) is 2.32. The van der Waals surface area contributed by atoms with Crippen LogP contribution in [0.1, 0.15) is 67.7 Å². The second-order valence-corrected chi connectivity index (χ2v) is 9.31. The summed E-state index contributed by atoms with van der Waals surface area (Å²) in [4.78, 5) is 38.3. The molecule has 5 nitrogen and oxygen atoms in total. The fraction of sp³-hybridized carbons (Fsp3) is 0.654. The third kappa shape index (κ3) is 5.19. The van der Waals surface area contributed by atoms with Crippen LogP contribution in [0.15, 0.2) is 35.5 Å². The van der Waals surface area contributed by atoms with Crippen LogP contribution in [0.5, 0.6) is 0 Å². The number of rotatable bonds is 7. The minimum absolute atomic E-state index is 0.0809. The molecule has 2 aliphatic carbocycles. The molecule has 0 aromatic rings. The fourth-order valence-electron chi connectivity index (χ4n) is 4.71. The van der Waals surface area contributed by atoms with Crippen LogP contribution in [0.3, 0.4) is 0 Å². The predicted octanol–water partition coefficient (Wildman–Crippen LogP) is 5.21. The molecule has 2 saturated carbocycles. The average Bonchev–Trinajstić information content (AvgIpc) is 3.00. The van der Waals surface area contributed by atoms with Crippen molar-refractivity contribution in [3.05, 3.63) is 35.5 Å². The molecule has 0 aromatic carbocycles. The number of esters is 2. The minimum Gasteiger partial charge on any atom is -0.455 e. The SMILES string of the molecule is C=C1[C@H]2[C@@H](C(=CC)C(=O)[C@H]2OC(=O)C(C)CC)[C@H](C(C)C)C[C@H]1OC(=O)C=C(C)CC. The van der Waals surface area contributed by atoms with E-state index in [1.165, 1.54) is 6.08 Å². The summed E-state index contributed by atoms with van der Waals surface area (Å²) in [6, 6.07) is 0. The lowest BCUT2D eigenvalue weighted by Crippen LogP contribution is -2.43. The predicted molar refractivity (Wildman–Crippen MR) is 121 cm³/mol. The van der Waals surface area contributed by atoms with Crippen LogP contribution < -0.4 is 0 Å². The second-order valence-electron chi connectivity index (χ2n) is 9.31. The van der Waals surface area contributed by atoms with E-state index in [9.17, 15) is 14.4 Å². The van der Waals surface area contributed by atoms with Gasteiger partial charge in [0.15, 0.2) is 11.9 Å². The highest BCUT2D eigenvalue weighted by atomic mass is 16.6. The molecule has 172 valence electrons. The van der Waals surface area contributed by atoms with Gasteiger partial charge in [0.2, 0.25) is 0 Å².